The van der Waals surface area contributed by atoms with Gasteiger partial charge in [0.15, 0.2) is 0 Å². The van der Waals surface area contributed by atoms with Crippen LogP contribution in [0.3, 0.4) is 0 Å². The number of anilines is 3. The standard InChI is InChI=1S/C26H36N4O4.C24H25BCl2FN3O2/c1-28(17-31)23-16-20(8-9-21(23)29(2)22-10-11-24(32)27-25(22)33)18-12-14-30(15-13-18)26(34)19-6-4-3-5-7-19;1-23(22(33)30-14-7-5-6-13(26)12-14)18(17-15(25)8-9-16(27)19(17)28)20(21(29)32)31-24(23)10-3-2-4-11-24/h8-9,16-19,22H,3-7,10-15H2,1-2H3,(H,27,32,33);5-9,12,18,20,31H,2-4,10-11H2,1H3,(H2,29,32)(H,30,33)/t;18?,20-,23?/m.1/s1. The van der Waals surface area contributed by atoms with E-state index >= 15 is 4.39 Å². The van der Waals surface area contributed by atoms with E-state index in [0.29, 0.717) is 48.2 Å². The second-order valence-electron chi connectivity index (χ2n) is 19.2. The Hall–Kier alpha value is -4.99. The van der Waals surface area contributed by atoms with Crippen molar-refractivity contribution in [3.8, 4) is 0 Å². The highest BCUT2D eigenvalue weighted by atomic mass is 35.5. The molecule has 0 bridgehead atoms. The number of imide groups is 1. The summed E-state index contributed by atoms with van der Waals surface area (Å²) in [5.74, 6) is -2.45. The zero-order valence-electron chi connectivity index (χ0n) is 38.6. The van der Waals surface area contributed by atoms with Crippen LogP contribution in [0.2, 0.25) is 10.0 Å². The molecule has 67 heavy (non-hydrogen) atoms. The largest absolute Gasteiger partial charge is 0.368 e. The number of hydrogen-bond donors (Lipinski definition) is 4. The molecule has 4 atom stereocenters. The molecule has 3 unspecified atom stereocenters. The number of primary amides is 1. The quantitative estimate of drug-likeness (QED) is 0.0997. The summed E-state index contributed by atoms with van der Waals surface area (Å²) < 4.78 is 15.5. The molecule has 3 aromatic rings. The molecule has 17 heteroatoms. The van der Waals surface area contributed by atoms with Crippen molar-refractivity contribution in [2.24, 2.45) is 17.1 Å². The number of likely N-dealkylation sites (N-methyl/N-ethyl adjacent to an activating group) is 1. The number of nitrogens with two attached hydrogens (primary N) is 1. The third-order valence-corrected chi connectivity index (χ3v) is 15.8. The first-order valence-electron chi connectivity index (χ1n) is 23.5. The van der Waals surface area contributed by atoms with Gasteiger partial charge in [0.25, 0.3) is 0 Å². The van der Waals surface area contributed by atoms with Gasteiger partial charge in [0.05, 0.1) is 27.9 Å². The van der Waals surface area contributed by atoms with Crippen molar-refractivity contribution in [1.82, 2.24) is 15.5 Å². The highest BCUT2D eigenvalue weighted by Crippen LogP contribution is 2.58. The lowest BCUT2D eigenvalue weighted by Gasteiger charge is -2.47. The Kier molecular flexibility index (Phi) is 15.7. The number of piperidine rings is 2. The van der Waals surface area contributed by atoms with E-state index in [-0.39, 0.29) is 39.7 Å². The topological polar surface area (TPSA) is 174 Å². The maximum absolute atomic E-state index is 15.5. The van der Waals surface area contributed by atoms with Crippen LogP contribution in [0.5, 0.6) is 0 Å². The Morgan fingerprint density at radius 2 is 1.60 bits per heavy atom. The second kappa shape index (κ2) is 21.1. The van der Waals surface area contributed by atoms with Gasteiger partial charge in [-0.1, -0.05) is 85.4 Å². The van der Waals surface area contributed by atoms with Gasteiger partial charge in [-0.2, -0.15) is 0 Å². The van der Waals surface area contributed by atoms with Crippen molar-refractivity contribution >= 4 is 89.5 Å². The fourth-order valence-corrected chi connectivity index (χ4v) is 11.8. The smallest absolute Gasteiger partial charge is 0.249 e. The van der Waals surface area contributed by atoms with Crippen LogP contribution in [0, 0.1) is 17.2 Å². The minimum absolute atomic E-state index is 0.0324. The normalized spacial score (nSPS) is 24.3. The number of nitrogens with zero attached hydrogens (tertiary/aromatic N) is 3. The van der Waals surface area contributed by atoms with E-state index in [4.69, 9.17) is 36.8 Å². The third-order valence-electron chi connectivity index (χ3n) is 15.3. The van der Waals surface area contributed by atoms with E-state index in [2.05, 4.69) is 26.9 Å². The fourth-order valence-electron chi connectivity index (χ4n) is 11.4. The SMILES string of the molecule is CN(C=O)c1cc(C2CCN(C(=O)C3CCCCC3)CC2)ccc1N(C)C1CCC(=O)NC1=O.[B]c1ccc(Cl)c(F)c1C1[C@H](C(N)=O)NC2(CCCCC2)C1(C)C(=O)Nc1cccc(Cl)c1. The van der Waals surface area contributed by atoms with Gasteiger partial charge in [0.2, 0.25) is 35.9 Å². The predicted octanol–water partition coefficient (Wildman–Crippen LogP) is 6.62. The molecular weight excluding hydrogens is 895 g/mol. The molecule has 13 nitrogen and oxygen atoms in total. The van der Waals surface area contributed by atoms with E-state index in [1.54, 1.807) is 38.2 Å². The molecule has 1 spiro atoms. The second-order valence-corrected chi connectivity index (χ2v) is 20.0. The maximum atomic E-state index is 15.5. The summed E-state index contributed by atoms with van der Waals surface area (Å²) in [5, 5.41) is 9.05. The molecule has 5 N–H and O–H groups in total. The summed E-state index contributed by atoms with van der Waals surface area (Å²) in [5.41, 5.74) is 7.06. The zero-order valence-corrected chi connectivity index (χ0v) is 40.1. The molecule has 3 aromatic carbocycles. The molecule has 8 rings (SSSR count). The molecule has 3 heterocycles. The van der Waals surface area contributed by atoms with Gasteiger partial charge in [0, 0.05) is 61.7 Å². The molecule has 6 amide bonds. The molecule has 2 radical (unpaired) electrons. The van der Waals surface area contributed by atoms with E-state index in [0.717, 1.165) is 81.4 Å². The van der Waals surface area contributed by atoms with Gasteiger partial charge < -0.3 is 25.8 Å². The minimum Gasteiger partial charge on any atom is -0.368 e. The van der Waals surface area contributed by atoms with Crippen molar-refractivity contribution in [3.63, 3.8) is 0 Å². The van der Waals surface area contributed by atoms with E-state index in [1.807, 2.05) is 24.1 Å². The average Bonchev–Trinajstić information content (AvgIpc) is 3.57. The first-order chi connectivity index (χ1) is 32.0. The number of amides is 6. The molecule has 2 aliphatic carbocycles. The first kappa shape index (κ1) is 49.9. The number of carbonyl (C=O) groups excluding carboxylic acids is 6. The summed E-state index contributed by atoms with van der Waals surface area (Å²) in [6.45, 7) is 3.31. The van der Waals surface area contributed by atoms with Gasteiger partial charge in [-0.3, -0.25) is 39.4 Å². The Morgan fingerprint density at radius 3 is 2.24 bits per heavy atom. The number of rotatable bonds is 10. The number of carbonyl (C=O) groups is 6. The molecule has 2 saturated carbocycles. The molecule has 5 fully saturated rings. The van der Waals surface area contributed by atoms with Crippen LogP contribution in [0.15, 0.2) is 54.6 Å². The number of hydrogen-bond acceptors (Lipinski definition) is 8. The molecule has 356 valence electrons. The lowest BCUT2D eigenvalue weighted by Crippen LogP contribution is -2.58. The van der Waals surface area contributed by atoms with Crippen molar-refractivity contribution in [2.75, 3.05) is 42.3 Å². The van der Waals surface area contributed by atoms with Crippen molar-refractivity contribution in [2.45, 2.75) is 126 Å². The molecular formula is C50H61BCl2FN7O6. The van der Waals surface area contributed by atoms with Crippen LogP contribution in [0.1, 0.15) is 120 Å². The molecule has 3 aliphatic heterocycles. The van der Waals surface area contributed by atoms with E-state index in [1.165, 1.54) is 36.3 Å². The van der Waals surface area contributed by atoms with Crippen molar-refractivity contribution in [3.05, 3.63) is 81.6 Å². The van der Waals surface area contributed by atoms with Crippen LogP contribution >= 0.6 is 23.2 Å². The van der Waals surface area contributed by atoms with Gasteiger partial charge >= 0.3 is 0 Å². The summed E-state index contributed by atoms with van der Waals surface area (Å²) in [6.07, 6.45) is 13.0. The Labute approximate surface area is 403 Å². The lowest BCUT2D eigenvalue weighted by molar-refractivity contribution is -0.138. The first-order valence-corrected chi connectivity index (χ1v) is 24.3. The van der Waals surface area contributed by atoms with Gasteiger partial charge in [-0.05, 0) is 105 Å². The van der Waals surface area contributed by atoms with E-state index in [9.17, 15) is 28.8 Å². The summed E-state index contributed by atoms with van der Waals surface area (Å²) in [7, 11) is 9.75. The Bertz CT molecular complexity index is 2370. The zero-order chi connectivity index (χ0) is 48.2. The maximum Gasteiger partial charge on any atom is 0.249 e. The molecule has 0 aromatic heterocycles. The number of halogens is 3. The van der Waals surface area contributed by atoms with E-state index < -0.39 is 40.7 Å². The lowest BCUT2D eigenvalue weighted by atomic mass is 9.57. The van der Waals surface area contributed by atoms with Gasteiger partial charge in [-0.25, -0.2) is 4.39 Å². The summed E-state index contributed by atoms with van der Waals surface area (Å²) >= 11 is 12.2. The summed E-state index contributed by atoms with van der Waals surface area (Å²) in [4.78, 5) is 80.6. The van der Waals surface area contributed by atoms with Crippen LogP contribution in [-0.2, 0) is 28.8 Å². The highest BCUT2D eigenvalue weighted by Gasteiger charge is 2.67. The molecule has 5 aliphatic rings. The van der Waals surface area contributed by atoms with Crippen LogP contribution in [-0.4, -0.2) is 93.5 Å². The van der Waals surface area contributed by atoms with Crippen molar-refractivity contribution < 1.29 is 33.2 Å². The van der Waals surface area contributed by atoms with Crippen molar-refractivity contribution in [1.29, 1.82) is 0 Å². The molecule has 3 saturated heterocycles. The average molecular weight is 957 g/mol. The number of nitrogens with one attached hydrogen (secondary N) is 3. The highest BCUT2D eigenvalue weighted by molar-refractivity contribution is 6.35. The predicted molar refractivity (Wildman–Crippen MR) is 260 cm³/mol. The number of benzene rings is 3. The Morgan fingerprint density at radius 1 is 0.910 bits per heavy atom. The summed E-state index contributed by atoms with van der Waals surface area (Å²) in [6, 6.07) is 14.2. The third kappa shape index (κ3) is 10.2. The van der Waals surface area contributed by atoms with Crippen LogP contribution in [0.25, 0.3) is 0 Å². The van der Waals surface area contributed by atoms with Crippen LogP contribution in [0.4, 0.5) is 21.5 Å². The Balaban J connectivity index is 0.000000199. The van der Waals surface area contributed by atoms with Gasteiger partial charge in [-0.15, -0.1) is 0 Å². The monoisotopic (exact) mass is 955 g/mol. The number of likely N-dealkylation sites (tertiary alicyclic amines) is 1. The minimum atomic E-state index is -1.27. The fraction of sp³-hybridized carbons (Fsp3) is 0.520. The van der Waals surface area contributed by atoms with Crippen LogP contribution < -0.4 is 36.9 Å². The van der Waals surface area contributed by atoms with Gasteiger partial charge in [0.1, 0.15) is 19.7 Å².